The number of aryl methyl sites for hydroxylation is 1. The monoisotopic (exact) mass is 671 g/mol. The van der Waals surface area contributed by atoms with Crippen LogP contribution in [0.5, 0.6) is 5.75 Å². The van der Waals surface area contributed by atoms with Crippen molar-refractivity contribution in [3.63, 3.8) is 0 Å². The van der Waals surface area contributed by atoms with E-state index in [1.807, 2.05) is 13.8 Å². The number of fused-ring (bicyclic) bond motifs is 1. The summed E-state index contributed by atoms with van der Waals surface area (Å²) in [6, 6.07) is 1.29. The quantitative estimate of drug-likeness (QED) is 0.116. The first-order valence-electron chi connectivity index (χ1n) is 13.7. The third kappa shape index (κ3) is 6.33. The van der Waals surface area contributed by atoms with E-state index in [0.29, 0.717) is 10.7 Å². The summed E-state index contributed by atoms with van der Waals surface area (Å²) in [5.41, 5.74) is 5.02. The van der Waals surface area contributed by atoms with Gasteiger partial charge in [-0.15, -0.1) is 16.9 Å². The maximum Gasteiger partial charge on any atom is 0.352 e. The van der Waals surface area contributed by atoms with Crippen molar-refractivity contribution in [2.75, 3.05) is 21.7 Å². The van der Waals surface area contributed by atoms with Gasteiger partial charge in [-0.25, -0.2) is 19.3 Å². The summed E-state index contributed by atoms with van der Waals surface area (Å²) in [6.07, 6.45) is 1.09. The number of carbonyl (C=O) groups excluding carboxylic acids is 3. The Labute approximate surface area is 268 Å². The molecule has 2 aliphatic rings. The average molecular weight is 672 g/mol. The van der Waals surface area contributed by atoms with Crippen LogP contribution in [0.4, 0.5) is 16.4 Å². The molecule has 0 aliphatic carbocycles. The lowest BCUT2D eigenvalue weighted by molar-refractivity contribution is -0.150. The number of nitrogens with one attached hydrogen (secondary N) is 3. The van der Waals surface area contributed by atoms with Crippen LogP contribution < -0.4 is 26.8 Å². The van der Waals surface area contributed by atoms with E-state index in [4.69, 9.17) is 5.73 Å². The van der Waals surface area contributed by atoms with Gasteiger partial charge in [0.2, 0.25) is 17.0 Å². The number of anilines is 2. The van der Waals surface area contributed by atoms with Gasteiger partial charge >= 0.3 is 12.0 Å². The highest BCUT2D eigenvalue weighted by molar-refractivity contribution is 8.01. The Bertz CT molecular complexity index is 1780. The molecule has 2 unspecified atom stereocenters. The molecule has 0 radical (unpaired) electrons. The fourth-order valence-electron chi connectivity index (χ4n) is 4.89. The first-order valence-corrected chi connectivity index (χ1v) is 15.7. The van der Waals surface area contributed by atoms with Gasteiger partial charge in [-0.05, 0) is 47.5 Å². The largest absolute Gasteiger partial charge is 0.508 e. The van der Waals surface area contributed by atoms with Gasteiger partial charge in [-0.2, -0.15) is 0 Å². The van der Waals surface area contributed by atoms with Gasteiger partial charge in [0, 0.05) is 24.6 Å². The Morgan fingerprint density at radius 1 is 1.24 bits per heavy atom. The highest BCUT2D eigenvalue weighted by atomic mass is 32.2. The van der Waals surface area contributed by atoms with E-state index in [9.17, 15) is 34.2 Å². The summed E-state index contributed by atoms with van der Waals surface area (Å²) in [5.74, 6) is -2.42. The smallest absolute Gasteiger partial charge is 0.352 e. The van der Waals surface area contributed by atoms with Gasteiger partial charge in [-0.3, -0.25) is 29.2 Å². The molecule has 242 valence electrons. The van der Waals surface area contributed by atoms with Crippen LogP contribution >= 0.6 is 23.5 Å². The van der Waals surface area contributed by atoms with Gasteiger partial charge in [0.25, 0.3) is 11.5 Å². The molecular weight excluding hydrogens is 642 g/mol. The fourth-order valence-corrected chi connectivity index (χ4v) is 7.22. The van der Waals surface area contributed by atoms with Crippen molar-refractivity contribution in [1.29, 1.82) is 0 Å². The standard InChI is InChI=1S/C26H29N11O7S2/c1-11(2)29-25-28-8-15(19(39)31-25)36(24(27)44)17(12-4-6-14(38)7-5-12)20(40)30-16-21(41)37-18(23(42)43)13(9-45-22(16)37)10-46-26-32-33-34-35(26)3/h4-8,11,16-17,22,38H,9-10H2,1-3H3,(H2,27,44)(H,30,40)(H,42,43)(H2,28,29,31,39)/t16?,17?,22-/m1/s1. The van der Waals surface area contributed by atoms with E-state index >= 15 is 0 Å². The molecule has 2 aromatic heterocycles. The van der Waals surface area contributed by atoms with Crippen LogP contribution in [0.15, 0.2) is 51.7 Å². The molecule has 46 heavy (non-hydrogen) atoms. The van der Waals surface area contributed by atoms with Crippen molar-refractivity contribution in [3.05, 3.63) is 57.6 Å². The first-order chi connectivity index (χ1) is 21.9. The number of benzene rings is 1. The third-order valence-electron chi connectivity index (χ3n) is 6.92. The molecular formula is C26H29N11O7S2. The zero-order chi connectivity index (χ0) is 33.3. The predicted octanol–water partition coefficient (Wildman–Crippen LogP) is -0.0234. The van der Waals surface area contributed by atoms with E-state index in [-0.39, 0.29) is 46.2 Å². The number of carboxylic acid groups (broad SMARTS) is 1. The minimum Gasteiger partial charge on any atom is -0.508 e. The van der Waals surface area contributed by atoms with Crippen LogP contribution in [-0.2, 0) is 21.4 Å². The number of aromatic nitrogens is 6. The Morgan fingerprint density at radius 3 is 2.54 bits per heavy atom. The minimum absolute atomic E-state index is 0.0735. The van der Waals surface area contributed by atoms with E-state index < -0.39 is 46.8 Å². The number of aliphatic carboxylic acids is 1. The molecule has 1 saturated heterocycles. The number of β-lactam (4-membered cyclic amide) rings is 1. The normalized spacial score (nSPS) is 18.1. The van der Waals surface area contributed by atoms with Gasteiger partial charge in [-0.1, -0.05) is 23.9 Å². The van der Waals surface area contributed by atoms with Crippen molar-refractivity contribution in [1.82, 2.24) is 40.4 Å². The summed E-state index contributed by atoms with van der Waals surface area (Å²) in [5, 5.41) is 36.3. The molecule has 4 amide bonds. The topological polar surface area (TPSA) is 255 Å². The Morgan fingerprint density at radius 2 is 1.96 bits per heavy atom. The van der Waals surface area contributed by atoms with Crippen LogP contribution in [0.25, 0.3) is 0 Å². The number of nitrogens with two attached hydrogens (primary N) is 1. The summed E-state index contributed by atoms with van der Waals surface area (Å²) in [4.78, 5) is 74.0. The lowest BCUT2D eigenvalue weighted by Crippen LogP contribution is -2.71. The lowest BCUT2D eigenvalue weighted by atomic mass is 10.00. The Kier molecular flexibility index (Phi) is 9.19. The number of nitrogens with zero attached hydrogens (tertiary/aromatic N) is 7. The van der Waals surface area contributed by atoms with Crippen LogP contribution in [0.2, 0.25) is 0 Å². The van der Waals surface area contributed by atoms with E-state index in [1.165, 1.54) is 52.5 Å². The van der Waals surface area contributed by atoms with Crippen LogP contribution in [0.3, 0.4) is 0 Å². The second-order valence-electron chi connectivity index (χ2n) is 10.5. The Balaban J connectivity index is 1.43. The summed E-state index contributed by atoms with van der Waals surface area (Å²) in [6.45, 7) is 3.66. The molecule has 1 aromatic carbocycles. The summed E-state index contributed by atoms with van der Waals surface area (Å²) < 4.78 is 1.44. The fraction of sp³-hybridized carbons (Fsp3) is 0.346. The zero-order valence-corrected chi connectivity index (χ0v) is 26.2. The average Bonchev–Trinajstić information content (AvgIpc) is 3.41. The third-order valence-corrected chi connectivity index (χ3v) is 9.36. The van der Waals surface area contributed by atoms with Gasteiger partial charge < -0.3 is 26.6 Å². The number of aromatic amines is 1. The molecule has 2 aliphatic heterocycles. The minimum atomic E-state index is -1.58. The molecule has 5 rings (SSSR count). The number of phenolic OH excluding ortho intramolecular Hbond substituents is 1. The van der Waals surface area contributed by atoms with E-state index in [0.717, 1.165) is 16.0 Å². The molecule has 0 spiro atoms. The molecule has 18 nitrogen and oxygen atoms in total. The van der Waals surface area contributed by atoms with Crippen molar-refractivity contribution in [3.8, 4) is 5.75 Å². The number of carboxylic acids is 1. The van der Waals surface area contributed by atoms with E-state index in [1.54, 1.807) is 7.05 Å². The molecule has 3 atom stereocenters. The van der Waals surface area contributed by atoms with Gasteiger partial charge in [0.1, 0.15) is 34.6 Å². The van der Waals surface area contributed by atoms with Crippen LogP contribution in [0, 0.1) is 0 Å². The summed E-state index contributed by atoms with van der Waals surface area (Å²) in [7, 11) is 1.64. The molecule has 7 N–H and O–H groups in total. The molecule has 20 heteroatoms. The lowest BCUT2D eigenvalue weighted by Gasteiger charge is -2.49. The number of thioether (sulfide) groups is 2. The molecule has 0 saturated carbocycles. The maximum atomic E-state index is 13.9. The second kappa shape index (κ2) is 13.1. The van der Waals surface area contributed by atoms with Crippen LogP contribution in [-0.4, -0.2) is 98.1 Å². The molecule has 1 fully saturated rings. The second-order valence-corrected chi connectivity index (χ2v) is 12.5. The van der Waals surface area contributed by atoms with Crippen molar-refractivity contribution in [2.45, 2.75) is 42.5 Å². The number of primary amides is 1. The maximum absolute atomic E-state index is 13.9. The highest BCUT2D eigenvalue weighted by Gasteiger charge is 2.55. The number of amides is 4. The molecule has 3 aromatic rings. The number of hydrogen-bond acceptors (Lipinski definition) is 13. The first kappa shape index (κ1) is 32.3. The number of hydrogen-bond donors (Lipinski definition) is 6. The molecule has 0 bridgehead atoms. The predicted molar refractivity (Wildman–Crippen MR) is 166 cm³/mol. The van der Waals surface area contributed by atoms with Crippen LogP contribution in [0.1, 0.15) is 25.5 Å². The van der Waals surface area contributed by atoms with Crippen molar-refractivity contribution < 1.29 is 29.4 Å². The Hall–Kier alpha value is -5.11. The zero-order valence-electron chi connectivity index (χ0n) is 24.6. The van der Waals surface area contributed by atoms with Crippen molar-refractivity contribution >= 4 is 59.0 Å². The SMILES string of the molecule is CC(C)Nc1ncc(N(C(N)=O)C(C(=O)NC2C(=O)N3C(C(=O)O)=C(CSc4nnnn4C)CS[C@H]23)c2ccc(O)cc2)c(=O)[nH]1. The number of phenols is 1. The number of urea groups is 1. The summed E-state index contributed by atoms with van der Waals surface area (Å²) >= 11 is 2.47. The number of carbonyl (C=O) groups is 4. The highest BCUT2D eigenvalue weighted by Crippen LogP contribution is 2.42. The number of rotatable bonds is 11. The van der Waals surface area contributed by atoms with Gasteiger partial charge in [0.15, 0.2) is 0 Å². The van der Waals surface area contributed by atoms with E-state index in [2.05, 4.69) is 36.1 Å². The van der Waals surface area contributed by atoms with Gasteiger partial charge in [0.05, 0.1) is 6.20 Å². The number of tetrazole rings is 1. The molecule has 4 heterocycles. The van der Waals surface area contributed by atoms with Crippen molar-refractivity contribution in [2.24, 2.45) is 12.8 Å². The number of H-pyrrole nitrogens is 1. The number of aromatic hydroxyl groups is 1.